The molecule has 14 heteroatoms. The fraction of sp³-hybridized carbons (Fsp3) is 0.429. The van der Waals surface area contributed by atoms with Gasteiger partial charge in [0.1, 0.15) is 23.8 Å². The molecule has 3 aliphatic rings. The van der Waals surface area contributed by atoms with E-state index in [0.29, 0.717) is 30.9 Å². The third-order valence-corrected chi connectivity index (χ3v) is 11.6. The molecule has 0 spiro atoms. The third kappa shape index (κ3) is 5.45. The Balaban J connectivity index is 1.38. The van der Waals surface area contributed by atoms with Gasteiger partial charge in [0.05, 0.1) is 32.9 Å². The number of nitrogen functional groups attached to an aromatic ring is 1. The normalized spacial score (nSPS) is 24.1. The quantitative estimate of drug-likeness (QED) is 0.165. The number of benzene rings is 2. The largest absolute Gasteiger partial charge is 0.461 e. The summed E-state index contributed by atoms with van der Waals surface area (Å²) in [4.78, 5) is 31.8. The standard InChI is InChI=1S/C35H36ClF2N7O3S/c1-6-25(46)44-14-19(3)45(15-18(44)2)33-22-12-23(36)26(21-8-9-24(37)31-27(21)30(40-4)32(39)49-31)28(38)29(22)41-34(42-33)48-17-35-10-7-11-43(35)16-20(13-35)47-5/h6,8-9,12,18-20H,1,7,10-11,13-17,39H2,2-3,5H3. The van der Waals surface area contributed by atoms with Crippen LogP contribution in [-0.2, 0) is 9.53 Å². The van der Waals surface area contributed by atoms with Gasteiger partial charge in [0.15, 0.2) is 5.82 Å². The molecule has 4 unspecified atom stereocenters. The lowest BCUT2D eigenvalue weighted by Crippen LogP contribution is -2.58. The number of aromatic nitrogens is 2. The Morgan fingerprint density at radius 3 is 2.80 bits per heavy atom. The van der Waals surface area contributed by atoms with Crippen LogP contribution in [0.3, 0.4) is 0 Å². The van der Waals surface area contributed by atoms with Crippen molar-refractivity contribution < 1.29 is 23.0 Å². The minimum absolute atomic E-state index is 0.00657. The number of nitrogens with zero attached hydrogens (tertiary/aromatic N) is 6. The van der Waals surface area contributed by atoms with Gasteiger partial charge in [-0.2, -0.15) is 9.97 Å². The predicted molar refractivity (Wildman–Crippen MR) is 189 cm³/mol. The lowest BCUT2D eigenvalue weighted by atomic mass is 9.94. The first kappa shape index (κ1) is 33.4. The predicted octanol–water partition coefficient (Wildman–Crippen LogP) is 6.82. The topological polar surface area (TPSA) is 101 Å². The van der Waals surface area contributed by atoms with Crippen molar-refractivity contribution in [2.24, 2.45) is 0 Å². The van der Waals surface area contributed by atoms with Crippen molar-refractivity contribution in [1.82, 2.24) is 19.8 Å². The molecular formula is C35H36ClF2N7O3S. The maximum atomic E-state index is 17.1. The molecule has 3 aliphatic heterocycles. The van der Waals surface area contributed by atoms with Crippen molar-refractivity contribution >= 4 is 66.3 Å². The second-order valence-electron chi connectivity index (χ2n) is 13.2. The summed E-state index contributed by atoms with van der Waals surface area (Å²) in [6.45, 7) is 18.1. The van der Waals surface area contributed by atoms with Crippen molar-refractivity contribution in [1.29, 1.82) is 0 Å². The van der Waals surface area contributed by atoms with Gasteiger partial charge >= 0.3 is 6.01 Å². The summed E-state index contributed by atoms with van der Waals surface area (Å²) in [6.07, 6.45) is 4.17. The molecule has 1 amide bonds. The van der Waals surface area contributed by atoms with Crippen LogP contribution in [0.1, 0.15) is 33.1 Å². The Labute approximate surface area is 291 Å². The van der Waals surface area contributed by atoms with Crippen molar-refractivity contribution in [3.8, 4) is 17.1 Å². The minimum Gasteiger partial charge on any atom is -0.461 e. The highest BCUT2D eigenvalue weighted by molar-refractivity contribution is 7.23. The number of fused-ring (bicyclic) bond motifs is 3. The monoisotopic (exact) mass is 707 g/mol. The molecule has 2 aromatic carbocycles. The van der Waals surface area contributed by atoms with E-state index in [1.165, 1.54) is 18.2 Å². The number of nitrogens with two attached hydrogens (primary N) is 1. The van der Waals surface area contributed by atoms with Gasteiger partial charge in [0.2, 0.25) is 11.6 Å². The first-order valence-electron chi connectivity index (χ1n) is 16.2. The summed E-state index contributed by atoms with van der Waals surface area (Å²) in [6, 6.07) is 3.83. The van der Waals surface area contributed by atoms with Crippen LogP contribution >= 0.6 is 22.9 Å². The van der Waals surface area contributed by atoms with Crippen LogP contribution in [0.4, 0.5) is 25.3 Å². The summed E-state index contributed by atoms with van der Waals surface area (Å²) >= 11 is 7.83. The number of carbonyl (C=O) groups excluding carboxylic acids is 1. The summed E-state index contributed by atoms with van der Waals surface area (Å²) in [5.41, 5.74) is 6.07. The van der Waals surface area contributed by atoms with Crippen LogP contribution in [0.2, 0.25) is 5.02 Å². The van der Waals surface area contributed by atoms with Gasteiger partial charge in [0, 0.05) is 55.2 Å². The Morgan fingerprint density at radius 1 is 1.27 bits per heavy atom. The summed E-state index contributed by atoms with van der Waals surface area (Å²) in [5, 5.41) is 0.725. The zero-order chi connectivity index (χ0) is 34.8. The zero-order valence-electron chi connectivity index (χ0n) is 27.4. The van der Waals surface area contributed by atoms with E-state index in [4.69, 9.17) is 38.4 Å². The lowest BCUT2D eigenvalue weighted by molar-refractivity contribution is -0.128. The van der Waals surface area contributed by atoms with Gasteiger partial charge in [0.25, 0.3) is 0 Å². The highest BCUT2D eigenvalue weighted by Gasteiger charge is 2.49. The van der Waals surface area contributed by atoms with Crippen LogP contribution in [0.15, 0.2) is 30.9 Å². The number of rotatable bonds is 7. The molecule has 0 aliphatic carbocycles. The molecule has 3 fully saturated rings. The molecule has 2 aromatic heterocycles. The minimum atomic E-state index is -0.758. The molecule has 256 valence electrons. The molecule has 2 N–H and O–H groups in total. The highest BCUT2D eigenvalue weighted by Crippen LogP contribution is 2.49. The van der Waals surface area contributed by atoms with Crippen molar-refractivity contribution in [2.75, 3.05) is 50.5 Å². The van der Waals surface area contributed by atoms with E-state index in [0.717, 1.165) is 43.7 Å². The average Bonchev–Trinajstić information content (AvgIpc) is 3.75. The van der Waals surface area contributed by atoms with Crippen molar-refractivity contribution in [3.05, 3.63) is 58.9 Å². The number of hydrogen-bond acceptors (Lipinski definition) is 9. The molecule has 7 rings (SSSR count). The van der Waals surface area contributed by atoms with E-state index >= 15 is 4.39 Å². The lowest BCUT2D eigenvalue weighted by Gasteiger charge is -2.44. The molecule has 0 saturated carbocycles. The fourth-order valence-corrected chi connectivity index (χ4v) is 9.09. The van der Waals surface area contributed by atoms with E-state index in [1.54, 1.807) is 18.1 Å². The third-order valence-electron chi connectivity index (χ3n) is 10.3. The van der Waals surface area contributed by atoms with Gasteiger partial charge in [-0.25, -0.2) is 13.6 Å². The molecule has 5 heterocycles. The van der Waals surface area contributed by atoms with Gasteiger partial charge in [-0.05, 0) is 63.4 Å². The van der Waals surface area contributed by atoms with Gasteiger partial charge < -0.3 is 25.0 Å². The highest BCUT2D eigenvalue weighted by atomic mass is 35.5. The molecule has 49 heavy (non-hydrogen) atoms. The number of piperazine rings is 1. The Morgan fingerprint density at radius 2 is 2.06 bits per heavy atom. The first-order valence-corrected chi connectivity index (χ1v) is 17.4. The first-order chi connectivity index (χ1) is 23.5. The van der Waals surface area contributed by atoms with Crippen molar-refractivity contribution in [3.63, 3.8) is 0 Å². The number of anilines is 2. The zero-order valence-corrected chi connectivity index (χ0v) is 29.0. The number of methoxy groups -OCH3 is 1. The van der Waals surface area contributed by atoms with Gasteiger partial charge in [-0.15, -0.1) is 11.3 Å². The van der Waals surface area contributed by atoms with E-state index in [1.807, 2.05) is 18.7 Å². The van der Waals surface area contributed by atoms with E-state index < -0.39 is 11.6 Å². The smallest absolute Gasteiger partial charge is 0.319 e. The second kappa shape index (κ2) is 12.7. The molecule has 4 atom stereocenters. The van der Waals surface area contributed by atoms with Crippen LogP contribution in [-0.4, -0.2) is 89.3 Å². The Hall–Kier alpha value is -4.09. The summed E-state index contributed by atoms with van der Waals surface area (Å²) in [7, 11) is 1.72. The number of amides is 1. The molecule has 0 bridgehead atoms. The maximum Gasteiger partial charge on any atom is 0.319 e. The van der Waals surface area contributed by atoms with Crippen LogP contribution in [0.5, 0.6) is 6.01 Å². The van der Waals surface area contributed by atoms with E-state index in [9.17, 15) is 9.18 Å². The number of thiophene rings is 1. The number of hydrogen-bond donors (Lipinski definition) is 1. The Kier molecular flexibility index (Phi) is 8.63. The average molecular weight is 708 g/mol. The summed E-state index contributed by atoms with van der Waals surface area (Å²) < 4.78 is 44.3. The SMILES string of the molecule is [C-]#[N+]c1c(N)sc2c(F)ccc(-c3c(Cl)cc4c(N5CC(C)N(C(=O)C=C)CC5C)nc(OCC56CCCN5CC(OC)C6)nc4c3F)c12. The molecule has 10 nitrogen and oxygen atoms in total. The van der Waals surface area contributed by atoms with Crippen molar-refractivity contribution in [2.45, 2.75) is 56.8 Å². The second-order valence-corrected chi connectivity index (χ2v) is 14.6. The van der Waals surface area contributed by atoms with E-state index in [2.05, 4.69) is 21.3 Å². The molecule has 0 radical (unpaired) electrons. The number of carbonyl (C=O) groups is 1. The van der Waals surface area contributed by atoms with Gasteiger partial charge in [-0.1, -0.05) is 24.2 Å². The van der Waals surface area contributed by atoms with Crippen LogP contribution in [0.25, 0.3) is 37.0 Å². The Bertz CT molecular complexity index is 2050. The number of halogens is 3. The molecule has 3 saturated heterocycles. The maximum absolute atomic E-state index is 17.1. The van der Waals surface area contributed by atoms with E-state index in [-0.39, 0.29) is 78.1 Å². The fourth-order valence-electron chi connectivity index (χ4n) is 7.85. The van der Waals surface area contributed by atoms with Gasteiger partial charge in [-0.3, -0.25) is 9.69 Å². The number of ether oxygens (including phenoxy) is 2. The van der Waals surface area contributed by atoms with Crippen LogP contribution in [0, 0.1) is 18.2 Å². The van der Waals surface area contributed by atoms with Crippen LogP contribution < -0.4 is 15.4 Å². The summed E-state index contributed by atoms with van der Waals surface area (Å²) in [5.74, 6) is -1.07. The molecule has 4 aromatic rings. The molecular weight excluding hydrogens is 672 g/mol.